The summed E-state index contributed by atoms with van der Waals surface area (Å²) in [7, 11) is 1.40. The van der Waals surface area contributed by atoms with Crippen LogP contribution < -0.4 is 16.9 Å². The number of nitrogens with two attached hydrogens (primary N) is 2. The molecule has 0 bridgehead atoms. The lowest BCUT2D eigenvalue weighted by molar-refractivity contribution is -0.136. The van der Waals surface area contributed by atoms with Crippen molar-refractivity contribution in [3.63, 3.8) is 0 Å². The molecule has 172 valence electrons. The second kappa shape index (κ2) is 13.5. The lowest BCUT2D eigenvalue weighted by Crippen LogP contribution is -2.51. The van der Waals surface area contributed by atoms with Crippen LogP contribution in [0.2, 0.25) is 0 Å². The Bertz CT molecular complexity index is 730. The fraction of sp³-hybridized carbons (Fsp3) is 0.500. The number of rotatable bonds is 6. The molecule has 0 spiro atoms. The maximum Gasteiger partial charge on any atom is 0.267 e. The fourth-order valence-corrected chi connectivity index (χ4v) is 3.18. The van der Waals surface area contributed by atoms with Crippen LogP contribution in [-0.2, 0) is 19.2 Å². The minimum absolute atomic E-state index is 0. The predicted octanol–water partition coefficient (Wildman–Crippen LogP) is 2.21. The number of amides is 2. The topological polar surface area (TPSA) is 128 Å². The summed E-state index contributed by atoms with van der Waals surface area (Å²) in [4.78, 5) is 41.7. The zero-order valence-electron chi connectivity index (χ0n) is 17.6. The Labute approximate surface area is 182 Å². The molecule has 8 nitrogen and oxygen atoms in total. The van der Waals surface area contributed by atoms with Gasteiger partial charge in [0.2, 0.25) is 5.91 Å². The van der Waals surface area contributed by atoms with Gasteiger partial charge in [0, 0.05) is 27.9 Å². The van der Waals surface area contributed by atoms with Gasteiger partial charge in [-0.2, -0.15) is 0 Å². The number of hydrogen-bond acceptors (Lipinski definition) is 6. The van der Waals surface area contributed by atoms with E-state index in [-0.39, 0.29) is 33.6 Å². The summed E-state index contributed by atoms with van der Waals surface area (Å²) >= 11 is 0. The van der Waals surface area contributed by atoms with Gasteiger partial charge in [0.1, 0.15) is 11.7 Å². The highest BCUT2D eigenvalue weighted by atomic mass is 16.6. The highest BCUT2D eigenvalue weighted by molar-refractivity contribution is 6.01. The number of ketones is 1. The average Bonchev–Trinajstić information content (AvgIpc) is 3.16. The molecule has 1 saturated heterocycles. The van der Waals surface area contributed by atoms with Crippen molar-refractivity contribution in [1.82, 2.24) is 10.2 Å². The van der Waals surface area contributed by atoms with Gasteiger partial charge in [0.15, 0.2) is 5.78 Å². The summed E-state index contributed by atoms with van der Waals surface area (Å²) < 4.78 is 0. The van der Waals surface area contributed by atoms with Crippen molar-refractivity contribution < 1.29 is 22.1 Å². The summed E-state index contributed by atoms with van der Waals surface area (Å²) in [5.41, 5.74) is 6.66. The molecule has 2 unspecified atom stereocenters. The third-order valence-electron chi connectivity index (χ3n) is 4.61. The van der Waals surface area contributed by atoms with Crippen LogP contribution in [0.5, 0.6) is 0 Å². The average molecular weight is 425 g/mol. The van der Waals surface area contributed by atoms with Crippen LogP contribution in [0.4, 0.5) is 0 Å². The van der Waals surface area contributed by atoms with Crippen molar-refractivity contribution in [1.29, 1.82) is 0 Å². The Morgan fingerprint density at radius 2 is 1.83 bits per heavy atom. The van der Waals surface area contributed by atoms with Crippen LogP contribution in [0.15, 0.2) is 42.1 Å². The largest absolute Gasteiger partial charge is 0.394 e. The van der Waals surface area contributed by atoms with Crippen molar-refractivity contribution in [2.24, 2.45) is 17.5 Å². The van der Waals surface area contributed by atoms with E-state index in [4.69, 9.17) is 5.73 Å². The van der Waals surface area contributed by atoms with Crippen molar-refractivity contribution in [3.8, 4) is 0 Å². The molecule has 1 aliphatic heterocycles. The molecule has 1 aliphatic rings. The molecule has 8 heteroatoms. The van der Waals surface area contributed by atoms with E-state index in [1.807, 2.05) is 32.0 Å². The van der Waals surface area contributed by atoms with E-state index in [1.54, 1.807) is 4.90 Å². The van der Waals surface area contributed by atoms with Gasteiger partial charge in [-0.05, 0) is 24.8 Å². The first-order valence-electron chi connectivity index (χ1n) is 9.56. The Morgan fingerprint density at radius 3 is 2.33 bits per heavy atom. The molecule has 0 aromatic heterocycles. The summed E-state index contributed by atoms with van der Waals surface area (Å²) in [6, 6.07) is 9.46. The van der Waals surface area contributed by atoms with Gasteiger partial charge in [0.05, 0.1) is 7.11 Å². The van der Waals surface area contributed by atoms with Gasteiger partial charge in [-0.1, -0.05) is 51.6 Å². The number of hydrogen-bond donors (Lipinski definition) is 3. The molecule has 1 heterocycles. The van der Waals surface area contributed by atoms with E-state index in [1.165, 1.54) is 19.6 Å². The van der Waals surface area contributed by atoms with Gasteiger partial charge in [0.25, 0.3) is 5.91 Å². The van der Waals surface area contributed by atoms with Crippen LogP contribution in [0.1, 0.15) is 49.0 Å². The third kappa shape index (κ3) is 8.34. The molecule has 5 N–H and O–H groups in total. The van der Waals surface area contributed by atoms with Crippen molar-refractivity contribution >= 4 is 17.6 Å². The number of carbonyl (C=O) groups excluding carboxylic acids is 3. The molecule has 1 aromatic rings. The minimum Gasteiger partial charge on any atom is -0.394 e. The van der Waals surface area contributed by atoms with Gasteiger partial charge >= 0.3 is 0 Å². The Balaban J connectivity index is -0.00000132. The number of allylic oxidation sites excluding steroid dienone is 1. The van der Waals surface area contributed by atoms with Crippen LogP contribution in [0.25, 0.3) is 0 Å². The number of nitrogens with one attached hydrogen (secondary N) is 1. The lowest BCUT2D eigenvalue weighted by Gasteiger charge is -2.27. The normalized spacial score (nSPS) is 16.8. The Kier molecular flexibility index (Phi) is 12.3. The smallest absolute Gasteiger partial charge is 0.267 e. The lowest BCUT2D eigenvalue weighted by atomic mass is 9.98. The SMILES string of the molecule is C.CC(=O)/C=C(\N)C(=O)NC(C(=O)N1CCC(c2ccccc2)C1)C(C)C.CON.[HH].[HH]. The maximum atomic E-state index is 12.9. The molecular weight excluding hydrogens is 384 g/mol. The number of likely N-dealkylation sites (tertiary alicyclic amines) is 1. The number of benzene rings is 1. The molecule has 1 fully saturated rings. The minimum atomic E-state index is -0.670. The molecule has 0 aliphatic carbocycles. The second-order valence-electron chi connectivity index (χ2n) is 7.32. The summed E-state index contributed by atoms with van der Waals surface area (Å²) in [6.07, 6.45) is 1.97. The monoisotopic (exact) mass is 424 g/mol. The van der Waals surface area contributed by atoms with Crippen molar-refractivity contribution in [3.05, 3.63) is 47.7 Å². The summed E-state index contributed by atoms with van der Waals surface area (Å²) in [5.74, 6) is 3.56. The van der Waals surface area contributed by atoms with Crippen molar-refractivity contribution in [2.45, 2.75) is 46.6 Å². The molecule has 0 radical (unpaired) electrons. The van der Waals surface area contributed by atoms with Crippen LogP contribution in [0, 0.1) is 5.92 Å². The molecule has 2 rings (SSSR count). The Morgan fingerprint density at radius 1 is 1.27 bits per heavy atom. The van der Waals surface area contributed by atoms with E-state index in [0.717, 1.165) is 12.5 Å². The van der Waals surface area contributed by atoms with Crippen LogP contribution >= 0.6 is 0 Å². The van der Waals surface area contributed by atoms with E-state index in [0.29, 0.717) is 19.0 Å². The molecule has 2 atom stereocenters. The zero-order chi connectivity index (χ0) is 22.0. The highest BCUT2D eigenvalue weighted by Crippen LogP contribution is 2.27. The van der Waals surface area contributed by atoms with E-state index in [9.17, 15) is 14.4 Å². The first kappa shape index (κ1) is 27.3. The standard InChI is InChI=1S/C20H27N3O3.CH5NO.CH4.2H2/c1-13(2)18(22-19(25)17(21)11-14(3)24)20(26)23-10-9-16(12-23)15-7-5-4-6-8-15;1-3-2;;;/h4-8,11,13,16,18H,9-10,12,21H2,1-3H3,(H,22,25);2H2,1H3;1H4;2*1H/b17-11-;;;;. The molecular formula is C22H40N4O4. The van der Waals surface area contributed by atoms with Crippen LogP contribution in [-0.4, -0.2) is 48.7 Å². The van der Waals surface area contributed by atoms with E-state index in [2.05, 4.69) is 28.2 Å². The van der Waals surface area contributed by atoms with Crippen LogP contribution in [0.3, 0.4) is 0 Å². The molecule has 30 heavy (non-hydrogen) atoms. The number of carbonyl (C=O) groups is 3. The summed E-state index contributed by atoms with van der Waals surface area (Å²) in [5, 5.41) is 2.68. The molecule has 0 saturated carbocycles. The van der Waals surface area contributed by atoms with Gasteiger partial charge < -0.3 is 20.8 Å². The molecule has 1 aromatic carbocycles. The fourth-order valence-electron chi connectivity index (χ4n) is 3.18. The van der Waals surface area contributed by atoms with Gasteiger partial charge in [-0.25, -0.2) is 5.90 Å². The summed E-state index contributed by atoms with van der Waals surface area (Å²) in [6.45, 7) is 6.37. The van der Waals surface area contributed by atoms with Gasteiger partial charge in [-0.15, -0.1) is 0 Å². The zero-order valence-corrected chi connectivity index (χ0v) is 17.6. The second-order valence-corrected chi connectivity index (χ2v) is 7.32. The van der Waals surface area contributed by atoms with E-state index >= 15 is 0 Å². The third-order valence-corrected chi connectivity index (χ3v) is 4.61. The first-order chi connectivity index (χ1) is 13.7. The predicted molar refractivity (Wildman–Crippen MR) is 122 cm³/mol. The number of nitrogens with zero attached hydrogens (tertiary/aromatic N) is 1. The van der Waals surface area contributed by atoms with Gasteiger partial charge in [-0.3, -0.25) is 14.4 Å². The quantitative estimate of drug-likeness (QED) is 0.474. The first-order valence-corrected chi connectivity index (χ1v) is 9.56. The highest BCUT2D eigenvalue weighted by Gasteiger charge is 2.34. The maximum absolute atomic E-state index is 12.9. The van der Waals surface area contributed by atoms with E-state index < -0.39 is 11.9 Å². The Hall–Kier alpha value is -2.71. The van der Waals surface area contributed by atoms with Crippen molar-refractivity contribution in [2.75, 3.05) is 20.2 Å². The molecule has 2 amide bonds.